The van der Waals surface area contributed by atoms with Crippen molar-refractivity contribution in [2.45, 2.75) is 6.92 Å². The van der Waals surface area contributed by atoms with Crippen LogP contribution in [-0.2, 0) is 0 Å². The summed E-state index contributed by atoms with van der Waals surface area (Å²) < 4.78 is 0. The number of carboxylic acid groups (broad SMARTS) is 1. The molecule has 0 aromatic heterocycles. The molecule has 0 saturated heterocycles. The Labute approximate surface area is 69.6 Å². The SMILES string of the molecule is Cc1ccc(C(=O)O)cc1C=O. The van der Waals surface area contributed by atoms with Crippen LogP contribution >= 0.6 is 0 Å². The zero-order valence-corrected chi connectivity index (χ0v) is 6.57. The standard InChI is InChI=1S/C9H8O3/c1-6-2-3-7(9(11)12)4-8(6)5-10/h2-5H,1H3,(H,11,12). The first-order valence-electron chi connectivity index (χ1n) is 3.44. The predicted octanol–water partition coefficient (Wildman–Crippen LogP) is 1.51. The van der Waals surface area contributed by atoms with Gasteiger partial charge in [0, 0.05) is 5.56 Å². The summed E-state index contributed by atoms with van der Waals surface area (Å²) in [5.74, 6) is -1.02. The van der Waals surface area contributed by atoms with Gasteiger partial charge in [0.1, 0.15) is 6.29 Å². The zero-order valence-electron chi connectivity index (χ0n) is 6.57. The quantitative estimate of drug-likeness (QED) is 0.674. The highest BCUT2D eigenvalue weighted by molar-refractivity contribution is 5.90. The number of carboxylic acids is 1. The maximum Gasteiger partial charge on any atom is 0.335 e. The summed E-state index contributed by atoms with van der Waals surface area (Å²) >= 11 is 0. The molecule has 0 spiro atoms. The second-order valence-corrected chi connectivity index (χ2v) is 2.49. The second-order valence-electron chi connectivity index (χ2n) is 2.49. The Morgan fingerprint density at radius 1 is 1.50 bits per heavy atom. The first kappa shape index (κ1) is 8.46. The van der Waals surface area contributed by atoms with Gasteiger partial charge in [-0.05, 0) is 24.6 Å². The fraction of sp³-hybridized carbons (Fsp3) is 0.111. The van der Waals surface area contributed by atoms with Crippen LogP contribution in [0.25, 0.3) is 0 Å². The van der Waals surface area contributed by atoms with Gasteiger partial charge in [-0.3, -0.25) is 4.79 Å². The highest BCUT2D eigenvalue weighted by Crippen LogP contribution is 2.08. The van der Waals surface area contributed by atoms with Crippen LogP contribution in [0.3, 0.4) is 0 Å². The molecule has 0 saturated carbocycles. The van der Waals surface area contributed by atoms with Crippen molar-refractivity contribution < 1.29 is 14.7 Å². The lowest BCUT2D eigenvalue weighted by Crippen LogP contribution is -1.98. The van der Waals surface area contributed by atoms with Crippen molar-refractivity contribution >= 4 is 12.3 Å². The molecule has 1 rings (SSSR count). The van der Waals surface area contributed by atoms with Crippen LogP contribution in [0.1, 0.15) is 26.3 Å². The molecule has 0 aliphatic carbocycles. The topological polar surface area (TPSA) is 54.4 Å². The molecule has 3 heteroatoms. The van der Waals surface area contributed by atoms with Gasteiger partial charge < -0.3 is 5.11 Å². The van der Waals surface area contributed by atoms with Gasteiger partial charge in [-0.15, -0.1) is 0 Å². The van der Waals surface area contributed by atoms with Crippen LogP contribution in [0.15, 0.2) is 18.2 Å². The molecular weight excluding hydrogens is 156 g/mol. The molecule has 1 aromatic carbocycles. The molecule has 0 radical (unpaired) electrons. The van der Waals surface area contributed by atoms with E-state index in [-0.39, 0.29) is 5.56 Å². The molecule has 3 nitrogen and oxygen atoms in total. The van der Waals surface area contributed by atoms with Crippen molar-refractivity contribution in [2.24, 2.45) is 0 Å². The van der Waals surface area contributed by atoms with E-state index in [0.717, 1.165) is 5.56 Å². The largest absolute Gasteiger partial charge is 0.478 e. The van der Waals surface area contributed by atoms with E-state index in [0.29, 0.717) is 11.8 Å². The lowest BCUT2D eigenvalue weighted by Gasteiger charge is -1.98. The van der Waals surface area contributed by atoms with Crippen molar-refractivity contribution in [3.8, 4) is 0 Å². The van der Waals surface area contributed by atoms with E-state index in [2.05, 4.69) is 0 Å². The molecule has 0 aliphatic rings. The molecule has 0 bridgehead atoms. The number of aromatic carboxylic acids is 1. The summed E-state index contributed by atoms with van der Waals surface area (Å²) in [6.45, 7) is 1.76. The molecule has 1 N–H and O–H groups in total. The highest BCUT2D eigenvalue weighted by atomic mass is 16.4. The van der Waals surface area contributed by atoms with Crippen LogP contribution in [0, 0.1) is 6.92 Å². The van der Waals surface area contributed by atoms with E-state index in [1.165, 1.54) is 12.1 Å². The highest BCUT2D eigenvalue weighted by Gasteiger charge is 2.04. The summed E-state index contributed by atoms with van der Waals surface area (Å²) in [4.78, 5) is 20.9. The lowest BCUT2D eigenvalue weighted by atomic mass is 10.1. The van der Waals surface area contributed by atoms with Gasteiger partial charge >= 0.3 is 5.97 Å². The van der Waals surface area contributed by atoms with Gasteiger partial charge in [0.15, 0.2) is 0 Å². The van der Waals surface area contributed by atoms with E-state index in [1.807, 2.05) is 0 Å². The molecule has 0 amide bonds. The molecule has 0 atom stereocenters. The van der Waals surface area contributed by atoms with Crippen molar-refractivity contribution in [3.05, 3.63) is 34.9 Å². The van der Waals surface area contributed by atoms with Crippen molar-refractivity contribution in [1.82, 2.24) is 0 Å². The van der Waals surface area contributed by atoms with Gasteiger partial charge in [-0.2, -0.15) is 0 Å². The van der Waals surface area contributed by atoms with Gasteiger partial charge in [0.2, 0.25) is 0 Å². The van der Waals surface area contributed by atoms with Crippen LogP contribution in [0.2, 0.25) is 0 Å². The summed E-state index contributed by atoms with van der Waals surface area (Å²) in [6, 6.07) is 4.46. The van der Waals surface area contributed by atoms with Gasteiger partial charge in [-0.1, -0.05) is 6.07 Å². The van der Waals surface area contributed by atoms with Crippen LogP contribution in [0.5, 0.6) is 0 Å². The number of carbonyl (C=O) groups excluding carboxylic acids is 1. The first-order chi connectivity index (χ1) is 5.65. The second kappa shape index (κ2) is 3.17. The Balaban J connectivity index is 3.22. The van der Waals surface area contributed by atoms with E-state index in [9.17, 15) is 9.59 Å². The minimum absolute atomic E-state index is 0.141. The lowest BCUT2D eigenvalue weighted by molar-refractivity contribution is 0.0697. The Morgan fingerprint density at radius 2 is 2.17 bits per heavy atom. The monoisotopic (exact) mass is 164 g/mol. The number of hydrogen-bond donors (Lipinski definition) is 1. The summed E-state index contributed by atoms with van der Waals surface area (Å²) in [7, 11) is 0. The average Bonchev–Trinajstić information content (AvgIpc) is 2.05. The molecule has 0 heterocycles. The molecule has 1 aromatic rings. The molecule has 0 aliphatic heterocycles. The molecular formula is C9H8O3. The number of aryl methyl sites for hydroxylation is 1. The Kier molecular flexibility index (Phi) is 2.24. The minimum Gasteiger partial charge on any atom is -0.478 e. The fourth-order valence-electron chi connectivity index (χ4n) is 0.900. The summed E-state index contributed by atoms with van der Waals surface area (Å²) in [6.07, 6.45) is 0.655. The van der Waals surface area contributed by atoms with E-state index in [4.69, 9.17) is 5.11 Å². The summed E-state index contributed by atoms with van der Waals surface area (Å²) in [5.41, 5.74) is 1.35. The van der Waals surface area contributed by atoms with Crippen molar-refractivity contribution in [1.29, 1.82) is 0 Å². The zero-order chi connectivity index (χ0) is 9.14. The summed E-state index contributed by atoms with van der Waals surface area (Å²) in [5, 5.41) is 8.58. The Morgan fingerprint density at radius 3 is 2.67 bits per heavy atom. The third kappa shape index (κ3) is 1.50. The Bertz CT molecular complexity index is 329. The molecule has 0 fully saturated rings. The average molecular weight is 164 g/mol. The smallest absolute Gasteiger partial charge is 0.335 e. The van der Waals surface area contributed by atoms with Crippen LogP contribution in [0.4, 0.5) is 0 Å². The third-order valence-corrected chi connectivity index (χ3v) is 1.65. The van der Waals surface area contributed by atoms with E-state index in [1.54, 1.807) is 13.0 Å². The number of carbonyl (C=O) groups is 2. The Hall–Kier alpha value is -1.64. The first-order valence-corrected chi connectivity index (χ1v) is 3.44. The van der Waals surface area contributed by atoms with E-state index < -0.39 is 5.97 Å². The van der Waals surface area contributed by atoms with Crippen LogP contribution < -0.4 is 0 Å². The predicted molar refractivity (Wildman–Crippen MR) is 43.5 cm³/mol. The maximum absolute atomic E-state index is 10.5. The van der Waals surface area contributed by atoms with E-state index >= 15 is 0 Å². The normalized spacial score (nSPS) is 9.42. The van der Waals surface area contributed by atoms with Gasteiger partial charge in [0.05, 0.1) is 5.56 Å². The molecule has 62 valence electrons. The number of hydrogen-bond acceptors (Lipinski definition) is 2. The van der Waals surface area contributed by atoms with Gasteiger partial charge in [0.25, 0.3) is 0 Å². The number of benzene rings is 1. The van der Waals surface area contributed by atoms with Crippen LogP contribution in [-0.4, -0.2) is 17.4 Å². The van der Waals surface area contributed by atoms with Crippen molar-refractivity contribution in [3.63, 3.8) is 0 Å². The number of aldehydes is 1. The third-order valence-electron chi connectivity index (χ3n) is 1.65. The van der Waals surface area contributed by atoms with Gasteiger partial charge in [-0.25, -0.2) is 4.79 Å². The number of rotatable bonds is 2. The molecule has 0 unspecified atom stereocenters. The fourth-order valence-corrected chi connectivity index (χ4v) is 0.900. The molecule has 12 heavy (non-hydrogen) atoms. The maximum atomic E-state index is 10.5. The van der Waals surface area contributed by atoms with Crippen molar-refractivity contribution in [2.75, 3.05) is 0 Å². The minimum atomic E-state index is -1.02.